The number of carbonyl (C=O) groups excluding carboxylic acids is 3. The average molecular weight is 545 g/mol. The van der Waals surface area contributed by atoms with Crippen LogP contribution in [0.3, 0.4) is 0 Å². The molecule has 2 aromatic rings. The molecule has 0 spiro atoms. The highest BCUT2D eigenvalue weighted by atomic mass is 19.1. The predicted octanol–water partition coefficient (Wildman–Crippen LogP) is 3.18. The van der Waals surface area contributed by atoms with Gasteiger partial charge < -0.3 is 14.4 Å². The minimum absolute atomic E-state index is 0.0347. The second-order valence-electron chi connectivity index (χ2n) is 12.0. The molecule has 3 atom stereocenters. The van der Waals surface area contributed by atoms with E-state index in [0.717, 1.165) is 23.9 Å². The van der Waals surface area contributed by atoms with Crippen molar-refractivity contribution in [1.82, 2.24) is 19.4 Å². The number of nitrogens with one attached hydrogen (secondary N) is 1. The van der Waals surface area contributed by atoms with Gasteiger partial charge >= 0.3 is 11.8 Å². The Morgan fingerprint density at radius 1 is 1.15 bits per heavy atom. The molecule has 2 saturated heterocycles. The molecule has 3 aliphatic rings. The zero-order valence-electron chi connectivity index (χ0n) is 22.9. The molecule has 10 nitrogen and oxygen atoms in total. The number of imidazole rings is 1. The van der Waals surface area contributed by atoms with Crippen LogP contribution in [-0.2, 0) is 26.1 Å². The summed E-state index contributed by atoms with van der Waals surface area (Å²) in [6, 6.07) is 5.04. The molecule has 1 saturated carbocycles. The summed E-state index contributed by atoms with van der Waals surface area (Å²) in [5, 5.41) is 2.34. The van der Waals surface area contributed by atoms with Crippen LogP contribution >= 0.6 is 0 Å². The van der Waals surface area contributed by atoms with Crippen molar-refractivity contribution in [2.75, 3.05) is 19.7 Å². The largest absolute Gasteiger partial charge is 0.444 e. The van der Waals surface area contributed by atoms with Gasteiger partial charge in [0.25, 0.3) is 0 Å². The van der Waals surface area contributed by atoms with Crippen LogP contribution in [0.2, 0.25) is 0 Å². The zero-order valence-corrected chi connectivity index (χ0v) is 22.9. The van der Waals surface area contributed by atoms with Gasteiger partial charge in [0.1, 0.15) is 17.8 Å². The Kier molecular flexibility index (Phi) is 7.30. The van der Waals surface area contributed by atoms with Crippen molar-refractivity contribution in [1.29, 1.82) is 0 Å². The van der Waals surface area contributed by atoms with E-state index in [4.69, 9.17) is 9.47 Å². The fraction of sp³-hybridized carbons (Fsp3) is 0.643. The number of para-hydroxylation sites is 1. The second kappa shape index (κ2) is 10.4. The maximum atomic E-state index is 14.8. The van der Waals surface area contributed by atoms with Gasteiger partial charge in [-0.25, -0.2) is 14.0 Å². The molecule has 1 aromatic heterocycles. The van der Waals surface area contributed by atoms with Crippen LogP contribution in [-0.4, -0.2) is 69.5 Å². The van der Waals surface area contributed by atoms with Gasteiger partial charge in [-0.15, -0.1) is 0 Å². The monoisotopic (exact) mass is 544 g/mol. The van der Waals surface area contributed by atoms with Crippen molar-refractivity contribution in [2.45, 2.75) is 82.7 Å². The first kappa shape index (κ1) is 27.4. The number of ether oxygens (including phenoxy) is 2. The summed E-state index contributed by atoms with van der Waals surface area (Å²) >= 11 is 0. The molecule has 1 aliphatic carbocycles. The third-order valence-electron chi connectivity index (χ3n) is 8.01. The van der Waals surface area contributed by atoms with E-state index in [1.54, 1.807) is 32.4 Å². The number of imide groups is 1. The summed E-state index contributed by atoms with van der Waals surface area (Å²) in [4.78, 5) is 50.9. The summed E-state index contributed by atoms with van der Waals surface area (Å²) < 4.78 is 29.2. The lowest BCUT2D eigenvalue weighted by Crippen LogP contribution is -2.50. The number of piperidine rings is 2. The predicted molar refractivity (Wildman–Crippen MR) is 141 cm³/mol. The van der Waals surface area contributed by atoms with Crippen LogP contribution in [0.4, 0.5) is 9.18 Å². The normalized spacial score (nSPS) is 27.8. The Labute approximate surface area is 226 Å². The number of fused-ring (bicyclic) bond motifs is 1. The number of hydrogen-bond acceptors (Lipinski definition) is 6. The first-order chi connectivity index (χ1) is 18.4. The van der Waals surface area contributed by atoms with E-state index in [9.17, 15) is 23.6 Å². The van der Waals surface area contributed by atoms with E-state index in [1.165, 1.54) is 9.47 Å². The molecule has 2 aliphatic heterocycles. The highest BCUT2D eigenvalue weighted by Crippen LogP contribution is 2.44. The molecule has 5 rings (SSSR count). The Bertz CT molecular complexity index is 1340. The quantitative estimate of drug-likeness (QED) is 0.579. The van der Waals surface area contributed by atoms with E-state index in [2.05, 4.69) is 5.32 Å². The molecule has 1 aromatic carbocycles. The Morgan fingerprint density at radius 3 is 2.56 bits per heavy atom. The topological polar surface area (TPSA) is 112 Å². The molecule has 1 N–H and O–H groups in total. The number of rotatable bonds is 5. The van der Waals surface area contributed by atoms with E-state index in [1.807, 2.05) is 18.2 Å². The van der Waals surface area contributed by atoms with Gasteiger partial charge in [0.05, 0.1) is 23.7 Å². The first-order valence-electron chi connectivity index (χ1n) is 13.7. The van der Waals surface area contributed by atoms with Crippen LogP contribution < -0.4 is 11.0 Å². The molecule has 3 amide bonds. The third-order valence-corrected chi connectivity index (χ3v) is 8.01. The van der Waals surface area contributed by atoms with E-state index in [-0.39, 0.29) is 36.4 Å². The van der Waals surface area contributed by atoms with Gasteiger partial charge in [0.2, 0.25) is 11.8 Å². The minimum Gasteiger partial charge on any atom is -0.444 e. The molecule has 1 unspecified atom stereocenters. The summed E-state index contributed by atoms with van der Waals surface area (Å²) in [5.41, 5.74) is 1.63. The Morgan fingerprint density at radius 2 is 1.90 bits per heavy atom. The number of aromatic nitrogens is 2. The van der Waals surface area contributed by atoms with Crippen molar-refractivity contribution < 1.29 is 28.2 Å². The number of halogens is 1. The number of carbonyl (C=O) groups is 3. The van der Waals surface area contributed by atoms with Gasteiger partial charge in [-0.2, -0.15) is 0 Å². The van der Waals surface area contributed by atoms with E-state index >= 15 is 0 Å². The smallest absolute Gasteiger partial charge is 0.410 e. The van der Waals surface area contributed by atoms with Gasteiger partial charge in [-0.05, 0) is 69.9 Å². The third kappa shape index (κ3) is 5.46. The fourth-order valence-electron chi connectivity index (χ4n) is 5.98. The molecule has 3 heterocycles. The molecule has 212 valence electrons. The van der Waals surface area contributed by atoms with Gasteiger partial charge in [0.15, 0.2) is 0 Å². The molecular formula is C28H37FN4O6. The summed E-state index contributed by atoms with van der Waals surface area (Å²) in [6.07, 6.45) is 0.306. The van der Waals surface area contributed by atoms with Crippen molar-refractivity contribution in [3.63, 3.8) is 0 Å². The van der Waals surface area contributed by atoms with E-state index < -0.39 is 35.9 Å². The summed E-state index contributed by atoms with van der Waals surface area (Å²) in [7, 11) is 1.71. The maximum absolute atomic E-state index is 14.8. The number of likely N-dealkylation sites (tertiary alicyclic amines) is 1. The summed E-state index contributed by atoms with van der Waals surface area (Å²) in [6.45, 7) is 6.16. The fourth-order valence-corrected chi connectivity index (χ4v) is 5.98. The average Bonchev–Trinajstić information content (AvgIpc) is 3.08. The molecule has 0 radical (unpaired) electrons. The summed E-state index contributed by atoms with van der Waals surface area (Å²) in [5.74, 6) is -0.271. The number of alkyl halides is 1. The van der Waals surface area contributed by atoms with Crippen molar-refractivity contribution in [3.05, 3.63) is 34.2 Å². The molecule has 39 heavy (non-hydrogen) atoms. The lowest BCUT2D eigenvalue weighted by molar-refractivity contribution is -0.135. The van der Waals surface area contributed by atoms with Crippen molar-refractivity contribution in [2.24, 2.45) is 13.0 Å². The SMILES string of the molecule is Cn1c(=O)n(C2CCC(=O)NC2=O)c2cccc([C@H]3C[C@H](CO[C@H]4CCN(C(=O)OC(C)(C)C)C[C@@H]4F)C3)c21. The van der Waals surface area contributed by atoms with Crippen LogP contribution in [0.15, 0.2) is 23.0 Å². The molecule has 3 fully saturated rings. The zero-order chi connectivity index (χ0) is 28.1. The van der Waals surface area contributed by atoms with Crippen molar-refractivity contribution >= 4 is 28.9 Å². The van der Waals surface area contributed by atoms with Crippen molar-refractivity contribution in [3.8, 4) is 0 Å². The van der Waals surface area contributed by atoms with Gasteiger partial charge in [-0.3, -0.25) is 24.0 Å². The number of amides is 3. The Hall–Kier alpha value is -3.21. The number of benzene rings is 1. The molecule has 11 heteroatoms. The lowest BCUT2D eigenvalue weighted by Gasteiger charge is -2.39. The standard InChI is InChI=1S/C28H37FN4O6/c1-28(2,3)39-27(37)32-11-10-22(19(29)14-32)38-15-16-12-17(13-16)18-6-5-7-20-24(18)31(4)26(36)33(20)21-8-9-23(34)30-25(21)35/h5-7,16-17,19,21-22H,8-15H2,1-4H3,(H,30,34,35)/t16-,17-,19-,21?,22-/m0/s1. The van der Waals surface area contributed by atoms with Gasteiger partial charge in [0, 0.05) is 26.6 Å². The van der Waals surface area contributed by atoms with Crippen LogP contribution in [0.25, 0.3) is 11.0 Å². The second-order valence-corrected chi connectivity index (χ2v) is 12.0. The minimum atomic E-state index is -1.27. The van der Waals surface area contributed by atoms with Crippen LogP contribution in [0, 0.1) is 5.92 Å². The Balaban J connectivity index is 1.19. The number of hydrogen-bond donors (Lipinski definition) is 1. The first-order valence-corrected chi connectivity index (χ1v) is 13.7. The van der Waals surface area contributed by atoms with E-state index in [0.29, 0.717) is 31.5 Å². The molecular weight excluding hydrogens is 507 g/mol. The maximum Gasteiger partial charge on any atom is 0.410 e. The van der Waals surface area contributed by atoms with Gasteiger partial charge in [-0.1, -0.05) is 12.1 Å². The number of aryl methyl sites for hydroxylation is 1. The molecule has 0 bridgehead atoms. The van der Waals surface area contributed by atoms with Crippen LogP contribution in [0.1, 0.15) is 70.4 Å². The highest BCUT2D eigenvalue weighted by Gasteiger charge is 2.38. The number of nitrogens with zero attached hydrogens (tertiary/aromatic N) is 3. The highest BCUT2D eigenvalue weighted by molar-refractivity contribution is 6.00. The van der Waals surface area contributed by atoms with Crippen LogP contribution in [0.5, 0.6) is 0 Å². The lowest BCUT2D eigenvalue weighted by atomic mass is 9.71.